The van der Waals surface area contributed by atoms with Crippen molar-refractivity contribution in [3.63, 3.8) is 0 Å². The van der Waals surface area contributed by atoms with Crippen molar-refractivity contribution in [3.05, 3.63) is 70.8 Å². The van der Waals surface area contributed by atoms with Gasteiger partial charge >= 0.3 is 0 Å². The van der Waals surface area contributed by atoms with Gasteiger partial charge in [-0.1, -0.05) is 54.1 Å². The molecule has 0 radical (unpaired) electrons. The number of hydrogen-bond donors (Lipinski definition) is 1. The van der Waals surface area contributed by atoms with Crippen LogP contribution in [0.4, 0.5) is 0 Å². The highest BCUT2D eigenvalue weighted by Gasteiger charge is 2.41. The Hall–Kier alpha value is -1.60. The SMILES string of the molecule is Cc1cccc([C@H]2c3ccccc3[C@H]3NCCC[C@@H]23)c1. The Balaban J connectivity index is 1.85. The molecule has 0 bridgehead atoms. The normalized spacial score (nSPS) is 27.9. The lowest BCUT2D eigenvalue weighted by Crippen LogP contribution is -2.32. The number of fused-ring (bicyclic) bond motifs is 3. The van der Waals surface area contributed by atoms with Gasteiger partial charge in [0.15, 0.2) is 0 Å². The van der Waals surface area contributed by atoms with Crippen molar-refractivity contribution in [3.8, 4) is 0 Å². The fourth-order valence-corrected chi connectivity index (χ4v) is 4.21. The monoisotopic (exact) mass is 263 g/mol. The van der Waals surface area contributed by atoms with Gasteiger partial charge in [-0.25, -0.2) is 0 Å². The second kappa shape index (κ2) is 4.75. The Morgan fingerprint density at radius 1 is 1.00 bits per heavy atom. The number of hydrogen-bond acceptors (Lipinski definition) is 1. The van der Waals surface area contributed by atoms with Crippen LogP contribution in [-0.4, -0.2) is 6.54 Å². The average Bonchev–Trinajstić information content (AvgIpc) is 2.82. The van der Waals surface area contributed by atoms with Crippen molar-refractivity contribution in [2.75, 3.05) is 6.54 Å². The predicted molar refractivity (Wildman–Crippen MR) is 82.9 cm³/mol. The van der Waals surface area contributed by atoms with E-state index in [0.29, 0.717) is 12.0 Å². The molecule has 2 aromatic rings. The van der Waals surface area contributed by atoms with Crippen LogP contribution in [0.25, 0.3) is 0 Å². The van der Waals surface area contributed by atoms with Gasteiger partial charge in [-0.15, -0.1) is 0 Å². The van der Waals surface area contributed by atoms with Crippen molar-refractivity contribution < 1.29 is 0 Å². The van der Waals surface area contributed by atoms with Crippen molar-refractivity contribution in [2.24, 2.45) is 5.92 Å². The lowest BCUT2D eigenvalue weighted by molar-refractivity contribution is 0.287. The molecule has 1 aliphatic heterocycles. The van der Waals surface area contributed by atoms with E-state index in [1.54, 1.807) is 5.56 Å². The molecule has 2 aliphatic rings. The molecule has 0 unspecified atom stereocenters. The van der Waals surface area contributed by atoms with Crippen molar-refractivity contribution >= 4 is 0 Å². The quantitative estimate of drug-likeness (QED) is 0.814. The molecule has 1 aliphatic carbocycles. The maximum atomic E-state index is 3.75. The highest BCUT2D eigenvalue weighted by Crippen LogP contribution is 2.51. The molecular formula is C19H21N. The first kappa shape index (κ1) is 12.2. The van der Waals surface area contributed by atoms with Crippen LogP contribution in [0.5, 0.6) is 0 Å². The molecular weight excluding hydrogens is 242 g/mol. The molecule has 0 amide bonds. The Morgan fingerprint density at radius 3 is 2.70 bits per heavy atom. The third-order valence-electron chi connectivity index (χ3n) is 5.00. The molecule has 3 atom stereocenters. The number of benzene rings is 2. The fraction of sp³-hybridized carbons (Fsp3) is 0.368. The van der Waals surface area contributed by atoms with Crippen LogP contribution in [0.1, 0.15) is 47.1 Å². The summed E-state index contributed by atoms with van der Waals surface area (Å²) in [6.45, 7) is 3.36. The summed E-state index contributed by atoms with van der Waals surface area (Å²) >= 11 is 0. The standard InChI is InChI=1S/C19H21N/c1-13-6-4-7-14(12-13)18-15-8-2-3-9-16(15)19-17(18)10-5-11-20-19/h2-4,6-9,12,17-20H,5,10-11H2,1H3/t17-,18-,19+/m0/s1. The van der Waals surface area contributed by atoms with E-state index in [0.717, 1.165) is 12.5 Å². The Labute approximate surface area is 121 Å². The van der Waals surface area contributed by atoms with Crippen molar-refractivity contribution in [1.29, 1.82) is 0 Å². The zero-order chi connectivity index (χ0) is 13.5. The number of rotatable bonds is 1. The molecule has 4 rings (SSSR count). The molecule has 2 aromatic carbocycles. The summed E-state index contributed by atoms with van der Waals surface area (Å²) < 4.78 is 0. The minimum absolute atomic E-state index is 0.561. The predicted octanol–water partition coefficient (Wildman–Crippen LogP) is 4.18. The maximum absolute atomic E-state index is 3.75. The zero-order valence-electron chi connectivity index (χ0n) is 12.0. The minimum atomic E-state index is 0.561. The van der Waals surface area contributed by atoms with Crippen molar-refractivity contribution in [2.45, 2.75) is 31.7 Å². The smallest absolute Gasteiger partial charge is 0.0360 e. The Bertz CT molecular complexity index is 631. The number of piperidine rings is 1. The van der Waals surface area contributed by atoms with E-state index in [9.17, 15) is 0 Å². The van der Waals surface area contributed by atoms with Crippen LogP contribution in [0.3, 0.4) is 0 Å². The lowest BCUT2D eigenvalue weighted by atomic mass is 9.80. The molecule has 20 heavy (non-hydrogen) atoms. The van der Waals surface area contributed by atoms with Gasteiger partial charge in [-0.3, -0.25) is 0 Å². The van der Waals surface area contributed by atoms with Gasteiger partial charge < -0.3 is 5.32 Å². The van der Waals surface area contributed by atoms with Crippen LogP contribution in [0, 0.1) is 12.8 Å². The summed E-state index contributed by atoms with van der Waals surface area (Å²) in [5.74, 6) is 1.30. The van der Waals surface area contributed by atoms with Crippen molar-refractivity contribution in [1.82, 2.24) is 5.32 Å². The topological polar surface area (TPSA) is 12.0 Å². The minimum Gasteiger partial charge on any atom is -0.310 e. The van der Waals surface area contributed by atoms with Crippen LogP contribution >= 0.6 is 0 Å². The van der Waals surface area contributed by atoms with Crippen LogP contribution in [0.15, 0.2) is 48.5 Å². The highest BCUT2D eigenvalue weighted by molar-refractivity contribution is 5.46. The second-order valence-electron chi connectivity index (χ2n) is 6.26. The third-order valence-corrected chi connectivity index (χ3v) is 5.00. The van der Waals surface area contributed by atoms with Crippen LogP contribution in [0.2, 0.25) is 0 Å². The Morgan fingerprint density at radius 2 is 1.85 bits per heavy atom. The Kier molecular flexibility index (Phi) is 2.89. The van der Waals surface area contributed by atoms with E-state index in [-0.39, 0.29) is 0 Å². The van der Waals surface area contributed by atoms with E-state index >= 15 is 0 Å². The molecule has 1 heteroatoms. The summed E-state index contributed by atoms with van der Waals surface area (Å²) in [6, 6.07) is 18.7. The molecule has 1 saturated heterocycles. The van der Waals surface area contributed by atoms with Gasteiger partial charge in [-0.2, -0.15) is 0 Å². The van der Waals surface area contributed by atoms with E-state index in [2.05, 4.69) is 60.8 Å². The zero-order valence-corrected chi connectivity index (χ0v) is 12.0. The van der Waals surface area contributed by atoms with E-state index in [1.807, 2.05) is 0 Å². The molecule has 1 nitrogen and oxygen atoms in total. The van der Waals surface area contributed by atoms with E-state index < -0.39 is 0 Å². The molecule has 0 saturated carbocycles. The van der Waals surface area contributed by atoms with Gasteiger partial charge in [0.1, 0.15) is 0 Å². The maximum Gasteiger partial charge on any atom is 0.0360 e. The molecule has 1 N–H and O–H groups in total. The summed E-state index contributed by atoms with van der Waals surface area (Å²) in [4.78, 5) is 0. The summed E-state index contributed by atoms with van der Waals surface area (Å²) in [5, 5.41) is 3.75. The third kappa shape index (κ3) is 1.81. The molecule has 102 valence electrons. The van der Waals surface area contributed by atoms with Gasteiger partial charge in [-0.05, 0) is 48.9 Å². The van der Waals surface area contributed by atoms with E-state index in [1.165, 1.54) is 29.5 Å². The van der Waals surface area contributed by atoms with E-state index in [4.69, 9.17) is 0 Å². The molecule has 1 fully saturated rings. The van der Waals surface area contributed by atoms with Crippen LogP contribution < -0.4 is 5.32 Å². The first-order valence-electron chi connectivity index (χ1n) is 7.73. The second-order valence-corrected chi connectivity index (χ2v) is 6.26. The number of nitrogens with one attached hydrogen (secondary N) is 1. The van der Waals surface area contributed by atoms with Crippen LogP contribution in [-0.2, 0) is 0 Å². The number of aryl methyl sites for hydroxylation is 1. The van der Waals surface area contributed by atoms with Gasteiger partial charge in [0, 0.05) is 12.0 Å². The van der Waals surface area contributed by atoms with Gasteiger partial charge in [0.2, 0.25) is 0 Å². The first-order valence-corrected chi connectivity index (χ1v) is 7.73. The fourth-order valence-electron chi connectivity index (χ4n) is 4.21. The average molecular weight is 263 g/mol. The van der Waals surface area contributed by atoms with Gasteiger partial charge in [0.05, 0.1) is 0 Å². The molecule has 1 heterocycles. The lowest BCUT2D eigenvalue weighted by Gasteiger charge is -2.31. The summed E-state index contributed by atoms with van der Waals surface area (Å²) in [7, 11) is 0. The summed E-state index contributed by atoms with van der Waals surface area (Å²) in [6.07, 6.45) is 2.64. The largest absolute Gasteiger partial charge is 0.310 e. The highest BCUT2D eigenvalue weighted by atomic mass is 14.9. The molecule has 0 aromatic heterocycles. The molecule has 0 spiro atoms. The first-order chi connectivity index (χ1) is 9.84. The summed E-state index contributed by atoms with van der Waals surface area (Å²) in [5.41, 5.74) is 5.94. The van der Waals surface area contributed by atoms with Gasteiger partial charge in [0.25, 0.3) is 0 Å².